The van der Waals surface area contributed by atoms with E-state index < -0.39 is 0 Å². The molecule has 8 N–H and O–H groups in total. The largest absolute Gasteiger partial charge is 0.286 e. The Balaban J connectivity index is 1.37. The molecule has 5 aliphatic heterocycles. The molecule has 5 saturated heterocycles. The lowest BCUT2D eigenvalue weighted by molar-refractivity contribution is 0.189. The van der Waals surface area contributed by atoms with Crippen molar-refractivity contribution >= 4 is 188 Å². The van der Waals surface area contributed by atoms with Gasteiger partial charge >= 0.3 is 0 Å². The SMILES string of the molecule is C=CCSC1C(SCC=C)C(SCC=C)C2C3NC(NC4NC(NC5NC(NC6NC(N3)C3C(SCC=C)C(SCC=C)C(SCC=C)C(SCC=C)C63)C3C(SCC=C)C(SCC=C)C(SCC=C)C(SCC=C)C53)C3C(SCC=C)C(SCC=C)C(SCC=C)C(SCC=C)C43)C2C1SCC=C. The van der Waals surface area contributed by atoms with Crippen molar-refractivity contribution in [1.29, 1.82) is 0 Å². The van der Waals surface area contributed by atoms with E-state index in [1.165, 1.54) is 0 Å². The van der Waals surface area contributed by atoms with Crippen molar-refractivity contribution in [2.24, 2.45) is 47.3 Å². The summed E-state index contributed by atoms with van der Waals surface area (Å²) >= 11 is 34.0. The molecule has 0 aromatic carbocycles. The second-order valence-corrected chi connectivity index (χ2v) is 46.5. The van der Waals surface area contributed by atoms with Crippen LogP contribution in [0, 0.1) is 47.3 Å². The molecule has 9 aliphatic rings. The first-order valence-corrected chi connectivity index (χ1v) is 53.5. The van der Waals surface area contributed by atoms with Gasteiger partial charge < -0.3 is 0 Å². The van der Waals surface area contributed by atoms with E-state index in [9.17, 15) is 0 Å². The van der Waals surface area contributed by atoms with Gasteiger partial charge in [-0.25, -0.2) is 0 Å². The Hall–Kier alpha value is 1.12. The molecule has 24 atom stereocenters. The Morgan fingerprint density at radius 3 is 0.288 bits per heavy atom. The van der Waals surface area contributed by atoms with Crippen molar-refractivity contribution in [1.82, 2.24) is 42.5 Å². The summed E-state index contributed by atoms with van der Waals surface area (Å²) in [7, 11) is 0. The summed E-state index contributed by atoms with van der Waals surface area (Å²) in [6.45, 7) is 70.6. The summed E-state index contributed by atoms with van der Waals surface area (Å²) in [5.41, 5.74) is 0. The molecule has 9 rings (SSSR count). The molecular weight excluding hydrogens is 1590 g/mol. The van der Waals surface area contributed by atoms with Crippen LogP contribution in [-0.2, 0) is 0 Å². The van der Waals surface area contributed by atoms with E-state index in [4.69, 9.17) is 42.5 Å². The molecule has 0 aromatic rings. The maximum atomic E-state index is 4.80. The van der Waals surface area contributed by atoms with Gasteiger partial charge in [0.05, 0.1) is 49.3 Å². The van der Waals surface area contributed by atoms with Gasteiger partial charge in [-0.05, 0) is 0 Å². The van der Waals surface area contributed by atoms with Gasteiger partial charge in [0.2, 0.25) is 0 Å². The van der Waals surface area contributed by atoms with Crippen LogP contribution >= 0.6 is 188 Å². The maximum Gasteiger partial charge on any atom is 0.0640 e. The lowest BCUT2D eigenvalue weighted by atomic mass is 9.74. The van der Waals surface area contributed by atoms with E-state index in [1.807, 2.05) is 0 Å². The zero-order valence-corrected chi connectivity index (χ0v) is 73.9. The molecule has 8 bridgehead atoms. The van der Waals surface area contributed by atoms with Crippen LogP contribution in [0.5, 0.6) is 0 Å². The number of fused-ring (bicyclic) bond motifs is 20. The van der Waals surface area contributed by atoms with Crippen molar-refractivity contribution < 1.29 is 0 Å². The molecule has 104 heavy (non-hydrogen) atoms. The molecule has 0 spiro atoms. The molecule has 576 valence electrons. The highest BCUT2D eigenvalue weighted by Crippen LogP contribution is 2.61. The maximum absolute atomic E-state index is 4.80. The first-order chi connectivity index (χ1) is 51.0. The molecule has 0 aromatic heterocycles. The minimum Gasteiger partial charge on any atom is -0.286 e. The third kappa shape index (κ3) is 21.2. The van der Waals surface area contributed by atoms with Crippen molar-refractivity contribution in [3.05, 3.63) is 202 Å². The molecule has 24 heteroatoms. The lowest BCUT2D eigenvalue weighted by Gasteiger charge is -2.53. The highest BCUT2D eigenvalue weighted by Gasteiger charge is 2.68. The third-order valence-corrected chi connectivity index (χ3v) is 45.8. The van der Waals surface area contributed by atoms with Crippen molar-refractivity contribution in [3.63, 3.8) is 0 Å². The fourth-order valence-electron chi connectivity index (χ4n) is 18.0. The molecule has 4 aliphatic carbocycles. The molecule has 0 amide bonds. The van der Waals surface area contributed by atoms with Crippen LogP contribution in [0.1, 0.15) is 0 Å². The molecule has 4 saturated carbocycles. The number of rotatable bonds is 48. The molecular formula is C80H120N8S16. The molecule has 8 nitrogen and oxygen atoms in total. The molecule has 24 unspecified atom stereocenters. The van der Waals surface area contributed by atoms with Crippen LogP contribution in [0.2, 0.25) is 0 Å². The predicted octanol–water partition coefficient (Wildman–Crippen LogP) is 17.0. The second kappa shape index (κ2) is 47.2. The first kappa shape index (κ1) is 89.1. The number of hydrogen-bond acceptors (Lipinski definition) is 24. The fourth-order valence-corrected chi connectivity index (χ4v) is 43.4. The van der Waals surface area contributed by atoms with Gasteiger partial charge in [0.15, 0.2) is 0 Å². The van der Waals surface area contributed by atoms with E-state index in [2.05, 4.69) is 391 Å². The molecule has 9 fully saturated rings. The summed E-state index contributed by atoms with van der Waals surface area (Å²) in [4.78, 5) is 0. The van der Waals surface area contributed by atoms with Crippen LogP contribution in [0.3, 0.4) is 0 Å². The standard InChI is InChI=1S/C80H120N8S16/c1-17-33-89-57-49-50(58(90-34-18-2)66(98-42-26-10)65(57)97-41-25-9)74-81-73(49)85-75-51-52(60(92-36-20-4)68(100-44-28-12)67(99-43-27-11)59(51)91-35-19-3)77(82-75)87-79-55-56(64(96-40-24-8)72(104-48-32-16)71(103-47-31-15)63(55)95-39-23-7)80(84-79)88-78-54-53(76(83-78)86-74)61(93-37-21-5)69(101-45-29-13)70(102-46-30-14)62(54)94-38-22-6/h17-32,49-88H,1-16,33-48H2. The Morgan fingerprint density at radius 2 is 0.212 bits per heavy atom. The van der Waals surface area contributed by atoms with Crippen molar-refractivity contribution in [2.45, 2.75) is 133 Å². The van der Waals surface area contributed by atoms with Gasteiger partial charge in [-0.2, -0.15) is 188 Å². The monoisotopic (exact) mass is 1700 g/mol. The van der Waals surface area contributed by atoms with E-state index in [0.717, 1.165) is 92.0 Å². The normalized spacial score (nSPS) is 40.3. The van der Waals surface area contributed by atoms with E-state index in [-0.39, 0.29) is 139 Å². The van der Waals surface area contributed by atoms with Crippen LogP contribution in [0.15, 0.2) is 202 Å². The van der Waals surface area contributed by atoms with Gasteiger partial charge in [-0.3, -0.25) is 42.5 Å². The first-order valence-electron chi connectivity index (χ1n) is 36.7. The van der Waals surface area contributed by atoms with Crippen LogP contribution in [0.25, 0.3) is 0 Å². The topological polar surface area (TPSA) is 96.2 Å². The zero-order valence-electron chi connectivity index (χ0n) is 60.9. The number of hydrogen-bond donors (Lipinski definition) is 8. The zero-order chi connectivity index (χ0) is 74.1. The summed E-state index contributed by atoms with van der Waals surface area (Å²) in [6.07, 6.45) is 33.5. The number of nitrogens with one attached hydrogen (secondary N) is 8. The predicted molar refractivity (Wildman–Crippen MR) is 506 cm³/mol. The highest BCUT2D eigenvalue weighted by atomic mass is 32.2. The van der Waals surface area contributed by atoms with Gasteiger partial charge in [0.1, 0.15) is 0 Å². The molecule has 5 heterocycles. The summed E-state index contributed by atoms with van der Waals surface area (Å²) in [5, 5.41) is 42.4. The average Bonchev–Trinajstić information content (AvgIpc) is 1.60. The van der Waals surface area contributed by atoms with Gasteiger partial charge in [-0.15, -0.1) is 105 Å². The van der Waals surface area contributed by atoms with Crippen LogP contribution in [-0.4, -0.2) is 225 Å². The Labute approximate surface area is 698 Å². The Morgan fingerprint density at radius 1 is 0.135 bits per heavy atom. The van der Waals surface area contributed by atoms with E-state index in [0.29, 0.717) is 42.0 Å². The average molecular weight is 1710 g/mol. The Kier molecular flexibility index (Phi) is 40.4. The van der Waals surface area contributed by atoms with Gasteiger partial charge in [0.25, 0.3) is 0 Å². The quantitative estimate of drug-likeness (QED) is 0.0278. The lowest BCUT2D eigenvalue weighted by Crippen LogP contribution is -2.62. The summed E-state index contributed by atoms with van der Waals surface area (Å²) in [6, 6.07) is 0. The summed E-state index contributed by atoms with van der Waals surface area (Å²) < 4.78 is 0. The van der Waals surface area contributed by atoms with Crippen molar-refractivity contribution in [2.75, 3.05) is 92.0 Å². The third-order valence-electron chi connectivity index (χ3n) is 21.2. The fraction of sp³-hybridized carbons (Fsp3) is 0.600. The van der Waals surface area contributed by atoms with Gasteiger partial charge in [0, 0.05) is 223 Å². The smallest absolute Gasteiger partial charge is 0.0640 e. The minimum absolute atomic E-state index is 0.0910. The van der Waals surface area contributed by atoms with Crippen LogP contribution < -0.4 is 42.5 Å². The van der Waals surface area contributed by atoms with Crippen LogP contribution in [0.4, 0.5) is 0 Å². The van der Waals surface area contributed by atoms with E-state index in [1.54, 1.807) is 0 Å². The number of thioether (sulfide) groups is 16. The second-order valence-electron chi connectivity index (χ2n) is 27.2. The Bertz CT molecular complexity index is 2300. The van der Waals surface area contributed by atoms with Gasteiger partial charge in [-0.1, -0.05) is 97.2 Å². The van der Waals surface area contributed by atoms with E-state index >= 15 is 0 Å². The summed E-state index contributed by atoms with van der Waals surface area (Å²) in [5.74, 6) is 15.5. The highest BCUT2D eigenvalue weighted by molar-refractivity contribution is 8.09. The van der Waals surface area contributed by atoms with Crippen molar-refractivity contribution in [3.8, 4) is 0 Å². The molecule has 0 radical (unpaired) electrons. The minimum atomic E-state index is -0.0910.